The Hall–Kier alpha value is -7.03. The summed E-state index contributed by atoms with van der Waals surface area (Å²) in [6, 6.07) is 32.8. The molecule has 0 aliphatic carbocycles. The van der Waals surface area contributed by atoms with Crippen molar-refractivity contribution in [1.82, 2.24) is 77.3 Å². The highest BCUT2D eigenvalue weighted by Crippen LogP contribution is 2.39. The van der Waals surface area contributed by atoms with Crippen molar-refractivity contribution >= 4 is 11.1 Å². The highest BCUT2D eigenvalue weighted by atomic mass is 15.5. The van der Waals surface area contributed by atoms with Gasteiger partial charge in [0.05, 0.1) is 11.4 Å². The lowest BCUT2D eigenvalue weighted by molar-refractivity contribution is 0.881. The maximum Gasteiger partial charge on any atom is 0.179 e. The lowest BCUT2D eigenvalue weighted by Crippen LogP contribution is -1.99. The van der Waals surface area contributed by atoms with Crippen molar-refractivity contribution < 1.29 is 0 Å². The first kappa shape index (κ1) is 27.5. The number of aryl methyl sites for hydroxylation is 1. The van der Waals surface area contributed by atoms with Crippen LogP contribution in [0.2, 0.25) is 0 Å². The number of aromatic nitrogens is 15. The first-order chi connectivity index (χ1) is 23.2. The van der Waals surface area contributed by atoms with Gasteiger partial charge in [0.2, 0.25) is 0 Å². The predicted molar refractivity (Wildman–Crippen MR) is 170 cm³/mol. The van der Waals surface area contributed by atoms with E-state index in [9.17, 15) is 0 Å². The molecule has 0 bridgehead atoms. The molecule has 4 N–H and O–H groups in total. The number of rotatable bonds is 8. The second-order valence-corrected chi connectivity index (χ2v) is 10.6. The Morgan fingerprint density at radius 3 is 1.00 bits per heavy atom. The molecule has 15 heteroatoms. The van der Waals surface area contributed by atoms with Crippen molar-refractivity contribution in [1.29, 1.82) is 0 Å². The van der Waals surface area contributed by atoms with Gasteiger partial charge in [-0.3, -0.25) is 5.10 Å². The van der Waals surface area contributed by atoms with E-state index in [-0.39, 0.29) is 0 Å². The topological polar surface area (TPSA) is 205 Å². The summed E-state index contributed by atoms with van der Waals surface area (Å²) >= 11 is 0. The predicted octanol–water partition coefficient (Wildman–Crippen LogP) is 4.33. The molecule has 0 aliphatic heterocycles. The third kappa shape index (κ3) is 5.33. The van der Waals surface area contributed by atoms with Crippen LogP contribution in [0.5, 0.6) is 0 Å². The zero-order valence-electron chi connectivity index (χ0n) is 24.7. The minimum absolute atomic E-state index is 0.587. The highest BCUT2D eigenvalue weighted by Gasteiger charge is 2.19. The van der Waals surface area contributed by atoms with Crippen LogP contribution in [-0.4, -0.2) is 77.3 Å². The van der Waals surface area contributed by atoms with Crippen molar-refractivity contribution in [2.75, 3.05) is 0 Å². The van der Waals surface area contributed by atoms with Gasteiger partial charge in [-0.05, 0) is 71.6 Å². The first-order valence-electron chi connectivity index (χ1n) is 14.5. The Balaban J connectivity index is 1.34. The van der Waals surface area contributed by atoms with Crippen LogP contribution in [0.25, 0.3) is 56.6 Å². The molecule has 0 saturated heterocycles. The summed E-state index contributed by atoms with van der Waals surface area (Å²) in [5.74, 6) is 1.76. The molecule has 4 aromatic heterocycles. The van der Waals surface area contributed by atoms with E-state index in [2.05, 4.69) is 138 Å². The third-order valence-corrected chi connectivity index (χ3v) is 7.81. The maximum absolute atomic E-state index is 4.13. The Morgan fingerprint density at radius 1 is 0.383 bits per heavy atom. The number of tetrazole rings is 3. The molecule has 0 unspecified atom stereocenters. The average molecular weight is 618 g/mol. The van der Waals surface area contributed by atoms with E-state index in [1.54, 1.807) is 0 Å². The summed E-state index contributed by atoms with van der Waals surface area (Å²) in [5.41, 5.74) is 11.3. The molecule has 0 fully saturated rings. The van der Waals surface area contributed by atoms with Crippen LogP contribution in [0.4, 0.5) is 0 Å². The minimum Gasteiger partial charge on any atom is -0.257 e. The number of benzene rings is 4. The smallest absolute Gasteiger partial charge is 0.179 e. The van der Waals surface area contributed by atoms with Crippen molar-refractivity contribution in [3.05, 3.63) is 125 Å². The molecule has 8 aromatic rings. The average Bonchev–Trinajstić information content (AvgIpc) is 3.97. The zero-order chi connectivity index (χ0) is 31.6. The van der Waals surface area contributed by atoms with Crippen LogP contribution in [0.1, 0.15) is 27.9 Å². The lowest BCUT2D eigenvalue weighted by Gasteiger charge is -2.19. The van der Waals surface area contributed by atoms with Crippen LogP contribution in [-0.2, 0) is 0 Å². The van der Waals surface area contributed by atoms with Crippen LogP contribution >= 0.6 is 0 Å². The minimum atomic E-state index is 0.587. The van der Waals surface area contributed by atoms with Gasteiger partial charge in [0.25, 0.3) is 0 Å². The highest BCUT2D eigenvalue weighted by molar-refractivity contribution is 6.05. The fourth-order valence-corrected chi connectivity index (χ4v) is 5.50. The summed E-state index contributed by atoms with van der Waals surface area (Å²) < 4.78 is 0. The van der Waals surface area contributed by atoms with Crippen LogP contribution in [0.15, 0.2) is 97.1 Å². The van der Waals surface area contributed by atoms with E-state index in [1.165, 1.54) is 0 Å². The quantitative estimate of drug-likeness (QED) is 0.177. The Kier molecular flexibility index (Phi) is 6.91. The number of nitrogens with one attached hydrogen (secondary N) is 4. The maximum atomic E-state index is 4.13. The van der Waals surface area contributed by atoms with Gasteiger partial charge in [0.1, 0.15) is 0 Å². The fraction of sp³-hybridized carbons (Fsp3) is 0.0312. The summed E-state index contributed by atoms with van der Waals surface area (Å²) in [6.07, 6.45) is 0. The van der Waals surface area contributed by atoms with E-state index >= 15 is 0 Å². The van der Waals surface area contributed by atoms with Gasteiger partial charge in [0.15, 0.2) is 17.5 Å². The lowest BCUT2D eigenvalue weighted by atomic mass is 9.84. The number of nitrogens with zero attached hydrogens (tertiary/aromatic N) is 11. The van der Waals surface area contributed by atoms with E-state index in [0.29, 0.717) is 17.5 Å². The second kappa shape index (κ2) is 11.8. The van der Waals surface area contributed by atoms with Crippen LogP contribution < -0.4 is 0 Å². The van der Waals surface area contributed by atoms with Gasteiger partial charge in [-0.25, -0.2) is 15.3 Å². The van der Waals surface area contributed by atoms with E-state index in [4.69, 9.17) is 0 Å². The van der Waals surface area contributed by atoms with E-state index in [1.807, 2.05) is 43.3 Å². The zero-order valence-corrected chi connectivity index (χ0v) is 24.7. The fourth-order valence-electron chi connectivity index (χ4n) is 5.50. The SMILES string of the molecule is Cc1nn[nH]c1-c1ccc(C(=C(c2ccc(-c3nnn[nH]3)cc2)c2ccc(-c3nnn[nH]3)cc2)c2ccc(-c3nnn[nH]3)cc2)cc1. The molecule has 0 amide bonds. The molecule has 47 heavy (non-hydrogen) atoms. The summed E-state index contributed by atoms with van der Waals surface area (Å²) in [5, 5.41) is 54.2. The van der Waals surface area contributed by atoms with Gasteiger partial charge in [-0.15, -0.1) is 20.4 Å². The molecular formula is C32H23N15. The summed E-state index contributed by atoms with van der Waals surface area (Å²) in [7, 11) is 0. The monoisotopic (exact) mass is 617 g/mol. The van der Waals surface area contributed by atoms with E-state index in [0.717, 1.165) is 67.0 Å². The molecule has 15 nitrogen and oxygen atoms in total. The Morgan fingerprint density at radius 2 is 0.723 bits per heavy atom. The number of hydrogen-bond acceptors (Lipinski definition) is 11. The number of hydrogen-bond donors (Lipinski definition) is 4. The van der Waals surface area contributed by atoms with Crippen LogP contribution in [0, 0.1) is 6.92 Å². The summed E-state index contributed by atoms with van der Waals surface area (Å²) in [4.78, 5) is 0. The van der Waals surface area contributed by atoms with Gasteiger partial charge >= 0.3 is 0 Å². The molecule has 4 heterocycles. The van der Waals surface area contributed by atoms with Gasteiger partial charge in [-0.2, -0.15) is 0 Å². The molecule has 226 valence electrons. The standard InChI is InChI=1S/C32H23N15/c1-18-29(34-41-33-18)23-10-2-19(3-11-23)27(20-4-12-24(13-5-20)30-35-42-43-36-30)28(21-6-14-25(15-7-21)31-37-44-45-38-31)22-8-16-26(17-9-22)32-39-46-47-40-32/h2-17H,1H3,(H,33,34,41)(H,35,36,42,43)(H,37,38,44,45)(H,39,40,46,47). The summed E-state index contributed by atoms with van der Waals surface area (Å²) in [6.45, 7) is 1.93. The molecular weight excluding hydrogens is 594 g/mol. The molecule has 8 rings (SSSR count). The van der Waals surface area contributed by atoms with Crippen molar-refractivity contribution in [3.63, 3.8) is 0 Å². The second-order valence-electron chi connectivity index (χ2n) is 10.6. The first-order valence-corrected chi connectivity index (χ1v) is 14.5. The number of H-pyrrole nitrogens is 4. The van der Waals surface area contributed by atoms with Crippen LogP contribution in [0.3, 0.4) is 0 Å². The molecule has 4 aromatic carbocycles. The number of aromatic amines is 4. The largest absolute Gasteiger partial charge is 0.257 e. The third-order valence-electron chi connectivity index (χ3n) is 7.81. The van der Waals surface area contributed by atoms with Gasteiger partial charge in [0, 0.05) is 22.3 Å². The Labute approximate surface area is 265 Å². The molecule has 0 atom stereocenters. The Bertz CT molecular complexity index is 2170. The van der Waals surface area contributed by atoms with Crippen molar-refractivity contribution in [2.45, 2.75) is 6.92 Å². The van der Waals surface area contributed by atoms with Gasteiger partial charge in [-0.1, -0.05) is 102 Å². The molecule has 0 spiro atoms. The van der Waals surface area contributed by atoms with Crippen molar-refractivity contribution in [3.8, 4) is 45.4 Å². The van der Waals surface area contributed by atoms with Crippen molar-refractivity contribution in [2.24, 2.45) is 0 Å². The molecule has 0 saturated carbocycles. The molecule has 0 aliphatic rings. The van der Waals surface area contributed by atoms with Gasteiger partial charge < -0.3 is 0 Å². The normalized spacial score (nSPS) is 11.1. The molecule has 0 radical (unpaired) electrons. The van der Waals surface area contributed by atoms with E-state index < -0.39 is 0 Å².